The van der Waals surface area contributed by atoms with Gasteiger partial charge in [-0.1, -0.05) is 24.3 Å². The molecule has 0 saturated heterocycles. The molecule has 2 atom stereocenters. The average molecular weight is 270 g/mol. The quantitative estimate of drug-likeness (QED) is 0.857. The van der Waals surface area contributed by atoms with Gasteiger partial charge in [-0.2, -0.15) is 5.10 Å². The highest BCUT2D eigenvalue weighted by atomic mass is 16.2. The van der Waals surface area contributed by atoms with Gasteiger partial charge < -0.3 is 11.1 Å². The van der Waals surface area contributed by atoms with Crippen LogP contribution < -0.4 is 11.1 Å². The molecule has 5 nitrogen and oxygen atoms in total. The fourth-order valence-corrected chi connectivity index (χ4v) is 2.85. The lowest BCUT2D eigenvalue weighted by molar-refractivity contribution is 0.0923. The first-order chi connectivity index (χ1) is 9.56. The van der Waals surface area contributed by atoms with Crippen LogP contribution in [0.1, 0.15) is 33.4 Å². The van der Waals surface area contributed by atoms with E-state index in [1.807, 2.05) is 25.1 Å². The van der Waals surface area contributed by atoms with Crippen LogP contribution in [0.2, 0.25) is 0 Å². The van der Waals surface area contributed by atoms with Crippen molar-refractivity contribution >= 4 is 5.91 Å². The minimum Gasteiger partial charge on any atom is -0.342 e. The molecule has 104 valence electrons. The molecule has 1 amide bonds. The Balaban J connectivity index is 1.85. The number of amides is 1. The van der Waals surface area contributed by atoms with E-state index in [1.165, 1.54) is 5.56 Å². The molecular weight excluding hydrogens is 252 g/mol. The summed E-state index contributed by atoms with van der Waals surface area (Å²) in [4.78, 5) is 12.4. The molecule has 20 heavy (non-hydrogen) atoms. The lowest BCUT2D eigenvalue weighted by Crippen LogP contribution is -2.39. The topological polar surface area (TPSA) is 72.9 Å². The van der Waals surface area contributed by atoms with E-state index in [0.717, 1.165) is 17.7 Å². The van der Waals surface area contributed by atoms with Crippen LogP contribution in [-0.2, 0) is 13.5 Å². The summed E-state index contributed by atoms with van der Waals surface area (Å²) in [6.45, 7) is 1.87. The van der Waals surface area contributed by atoms with Gasteiger partial charge in [-0.3, -0.25) is 9.48 Å². The molecule has 2 aromatic rings. The van der Waals surface area contributed by atoms with E-state index in [1.54, 1.807) is 17.8 Å². The Labute approximate surface area is 117 Å². The van der Waals surface area contributed by atoms with Crippen molar-refractivity contribution in [2.45, 2.75) is 25.4 Å². The summed E-state index contributed by atoms with van der Waals surface area (Å²) in [5.41, 5.74) is 9.88. The van der Waals surface area contributed by atoms with Gasteiger partial charge in [-0.05, 0) is 30.5 Å². The number of benzene rings is 1. The zero-order valence-corrected chi connectivity index (χ0v) is 11.6. The molecule has 0 spiro atoms. The van der Waals surface area contributed by atoms with Crippen LogP contribution in [0.5, 0.6) is 0 Å². The highest BCUT2D eigenvalue weighted by molar-refractivity contribution is 5.93. The second kappa shape index (κ2) is 4.76. The van der Waals surface area contributed by atoms with Crippen LogP contribution in [0, 0.1) is 6.92 Å². The van der Waals surface area contributed by atoms with Gasteiger partial charge in [0.25, 0.3) is 5.91 Å². The van der Waals surface area contributed by atoms with Crippen molar-refractivity contribution in [2.24, 2.45) is 12.8 Å². The lowest BCUT2D eigenvalue weighted by Gasteiger charge is -2.18. The maximum absolute atomic E-state index is 12.4. The molecular formula is C15H18N4O. The summed E-state index contributed by atoms with van der Waals surface area (Å²) < 4.78 is 1.59. The first-order valence-electron chi connectivity index (χ1n) is 6.71. The average Bonchev–Trinajstić information content (AvgIpc) is 2.90. The maximum atomic E-state index is 12.4. The SMILES string of the molecule is Cc1cc(C(=O)NC2c3ccccc3CC2N)n(C)n1. The van der Waals surface area contributed by atoms with Gasteiger partial charge in [0.05, 0.1) is 11.7 Å². The first-order valence-corrected chi connectivity index (χ1v) is 6.71. The normalized spacial score (nSPS) is 20.8. The third kappa shape index (κ3) is 2.10. The van der Waals surface area contributed by atoms with Crippen molar-refractivity contribution in [3.05, 3.63) is 52.8 Å². The van der Waals surface area contributed by atoms with Gasteiger partial charge >= 0.3 is 0 Å². The second-order valence-electron chi connectivity index (χ2n) is 5.31. The maximum Gasteiger partial charge on any atom is 0.270 e. The van der Waals surface area contributed by atoms with Crippen LogP contribution in [0.4, 0.5) is 0 Å². The van der Waals surface area contributed by atoms with Gasteiger partial charge in [0.2, 0.25) is 0 Å². The molecule has 0 fully saturated rings. The largest absolute Gasteiger partial charge is 0.342 e. The third-order valence-corrected chi connectivity index (χ3v) is 3.80. The predicted octanol–water partition coefficient (Wildman–Crippen LogP) is 1.08. The lowest BCUT2D eigenvalue weighted by atomic mass is 10.1. The van der Waals surface area contributed by atoms with E-state index in [-0.39, 0.29) is 18.0 Å². The van der Waals surface area contributed by atoms with Gasteiger partial charge in [-0.15, -0.1) is 0 Å². The Morgan fingerprint density at radius 3 is 2.90 bits per heavy atom. The van der Waals surface area contributed by atoms with Gasteiger partial charge in [0, 0.05) is 13.1 Å². The highest BCUT2D eigenvalue weighted by Gasteiger charge is 2.31. The molecule has 2 unspecified atom stereocenters. The summed E-state index contributed by atoms with van der Waals surface area (Å²) in [5, 5.41) is 7.23. The van der Waals surface area contributed by atoms with Crippen molar-refractivity contribution in [3.8, 4) is 0 Å². The van der Waals surface area contributed by atoms with Gasteiger partial charge in [0.1, 0.15) is 5.69 Å². The van der Waals surface area contributed by atoms with Crippen LogP contribution in [0.3, 0.4) is 0 Å². The van der Waals surface area contributed by atoms with E-state index >= 15 is 0 Å². The van der Waals surface area contributed by atoms with Crippen LogP contribution in [0.25, 0.3) is 0 Å². The Morgan fingerprint density at radius 2 is 2.20 bits per heavy atom. The number of nitrogens with zero attached hydrogens (tertiary/aromatic N) is 2. The highest BCUT2D eigenvalue weighted by Crippen LogP contribution is 2.30. The fourth-order valence-electron chi connectivity index (χ4n) is 2.85. The predicted molar refractivity (Wildman–Crippen MR) is 76.3 cm³/mol. The Kier molecular flexibility index (Phi) is 3.06. The zero-order valence-electron chi connectivity index (χ0n) is 11.6. The molecule has 3 N–H and O–H groups in total. The number of carbonyl (C=O) groups excluding carboxylic acids is 1. The van der Waals surface area contributed by atoms with E-state index in [0.29, 0.717) is 5.69 Å². The van der Waals surface area contributed by atoms with Crippen molar-refractivity contribution in [1.29, 1.82) is 0 Å². The molecule has 1 aromatic heterocycles. The van der Waals surface area contributed by atoms with E-state index in [4.69, 9.17) is 5.73 Å². The van der Waals surface area contributed by atoms with Crippen LogP contribution >= 0.6 is 0 Å². The number of aromatic nitrogens is 2. The Hall–Kier alpha value is -2.14. The molecule has 0 saturated carbocycles. The summed E-state index contributed by atoms with van der Waals surface area (Å²) >= 11 is 0. The number of rotatable bonds is 2. The van der Waals surface area contributed by atoms with Gasteiger partial charge in [-0.25, -0.2) is 0 Å². The first kappa shape index (κ1) is 12.9. The molecule has 1 aliphatic carbocycles. The minimum absolute atomic E-state index is 0.0781. The summed E-state index contributed by atoms with van der Waals surface area (Å²) in [6, 6.07) is 9.64. The number of hydrogen-bond acceptors (Lipinski definition) is 3. The zero-order chi connectivity index (χ0) is 14.3. The number of fused-ring (bicyclic) bond motifs is 1. The number of nitrogens with one attached hydrogen (secondary N) is 1. The second-order valence-corrected chi connectivity index (χ2v) is 5.31. The summed E-state index contributed by atoms with van der Waals surface area (Å²) in [5.74, 6) is -0.134. The van der Waals surface area contributed by atoms with Crippen molar-refractivity contribution < 1.29 is 4.79 Å². The molecule has 0 radical (unpaired) electrons. The number of nitrogens with two attached hydrogens (primary N) is 1. The van der Waals surface area contributed by atoms with Crippen LogP contribution in [-0.4, -0.2) is 21.7 Å². The van der Waals surface area contributed by atoms with E-state index in [9.17, 15) is 4.79 Å². The van der Waals surface area contributed by atoms with Crippen molar-refractivity contribution in [1.82, 2.24) is 15.1 Å². The third-order valence-electron chi connectivity index (χ3n) is 3.80. The molecule has 0 aliphatic heterocycles. The standard InChI is InChI=1S/C15H18N4O/c1-9-7-13(19(2)18-9)15(20)17-14-11-6-4-3-5-10(11)8-12(14)16/h3-7,12,14H,8,16H2,1-2H3,(H,17,20). The molecule has 1 aromatic carbocycles. The van der Waals surface area contributed by atoms with E-state index in [2.05, 4.69) is 16.5 Å². The molecule has 5 heteroatoms. The Bertz CT molecular complexity index is 662. The van der Waals surface area contributed by atoms with Crippen LogP contribution in [0.15, 0.2) is 30.3 Å². The summed E-state index contributed by atoms with van der Waals surface area (Å²) in [6.07, 6.45) is 0.797. The summed E-state index contributed by atoms with van der Waals surface area (Å²) in [7, 11) is 1.77. The van der Waals surface area contributed by atoms with Crippen molar-refractivity contribution in [2.75, 3.05) is 0 Å². The molecule has 1 aliphatic rings. The monoisotopic (exact) mass is 270 g/mol. The Morgan fingerprint density at radius 1 is 1.45 bits per heavy atom. The molecule has 1 heterocycles. The van der Waals surface area contributed by atoms with E-state index < -0.39 is 0 Å². The van der Waals surface area contributed by atoms with Crippen molar-refractivity contribution in [3.63, 3.8) is 0 Å². The smallest absolute Gasteiger partial charge is 0.270 e. The molecule has 0 bridgehead atoms. The fraction of sp³-hybridized carbons (Fsp3) is 0.333. The minimum atomic E-state index is -0.134. The number of aryl methyl sites for hydroxylation is 2. The number of carbonyl (C=O) groups is 1. The van der Waals surface area contributed by atoms with Gasteiger partial charge in [0.15, 0.2) is 0 Å². The number of hydrogen-bond donors (Lipinski definition) is 2. The molecule has 3 rings (SSSR count).